The van der Waals surface area contributed by atoms with Crippen molar-refractivity contribution in [3.63, 3.8) is 0 Å². The highest BCUT2D eigenvalue weighted by atomic mass is 32.2. The molecule has 9 nitrogen and oxygen atoms in total. The third-order valence-electron chi connectivity index (χ3n) is 5.55. The van der Waals surface area contributed by atoms with Crippen molar-refractivity contribution in [1.82, 2.24) is 24.6 Å². The van der Waals surface area contributed by atoms with E-state index in [2.05, 4.69) is 15.5 Å². The van der Waals surface area contributed by atoms with E-state index in [1.807, 2.05) is 42.1 Å². The summed E-state index contributed by atoms with van der Waals surface area (Å²) in [4.78, 5) is 25.5. The van der Waals surface area contributed by atoms with Gasteiger partial charge in [-0.1, -0.05) is 30.0 Å². The number of para-hydroxylation sites is 1. The van der Waals surface area contributed by atoms with Gasteiger partial charge in [0.1, 0.15) is 11.8 Å². The number of rotatable bonds is 9. The normalized spacial score (nSPS) is 12.0. The number of carbonyl (C=O) groups excluding carboxylic acids is 2. The molecule has 10 heteroatoms. The van der Waals surface area contributed by atoms with Gasteiger partial charge in [0, 0.05) is 42.3 Å². The van der Waals surface area contributed by atoms with Gasteiger partial charge < -0.3 is 24.3 Å². The highest BCUT2D eigenvalue weighted by Crippen LogP contribution is 2.25. The molecule has 2 N–H and O–H groups in total. The largest absolute Gasteiger partial charge is 0.497 e. The van der Waals surface area contributed by atoms with Gasteiger partial charge in [-0.2, -0.15) is 0 Å². The van der Waals surface area contributed by atoms with Gasteiger partial charge in [-0.3, -0.25) is 9.59 Å². The third kappa shape index (κ3) is 4.68. The second kappa shape index (κ2) is 10.1. The molecular weight excluding hydrogens is 454 g/mol. The van der Waals surface area contributed by atoms with Crippen LogP contribution in [0, 0.1) is 0 Å². The van der Waals surface area contributed by atoms with Crippen molar-refractivity contribution < 1.29 is 19.4 Å². The number of hydrogen-bond donors (Lipinski definition) is 2. The van der Waals surface area contributed by atoms with Gasteiger partial charge in [-0.25, -0.2) is 0 Å². The zero-order chi connectivity index (χ0) is 24.2. The van der Waals surface area contributed by atoms with E-state index in [9.17, 15) is 14.7 Å². The highest BCUT2D eigenvalue weighted by Gasteiger charge is 2.23. The number of ketones is 1. The molecule has 0 aliphatic carbocycles. The number of aliphatic hydroxyl groups excluding tert-OH is 1. The van der Waals surface area contributed by atoms with Crippen molar-refractivity contribution in [2.75, 3.05) is 19.5 Å². The minimum absolute atomic E-state index is 0.0159. The Morgan fingerprint density at radius 3 is 2.56 bits per heavy atom. The molecule has 1 amide bonds. The Labute approximate surface area is 200 Å². The lowest BCUT2D eigenvalue weighted by Gasteiger charge is -2.16. The molecule has 0 aliphatic heterocycles. The molecule has 2 aromatic carbocycles. The summed E-state index contributed by atoms with van der Waals surface area (Å²) < 4.78 is 8.72. The summed E-state index contributed by atoms with van der Waals surface area (Å²) in [6.45, 7) is -0.354. The number of methoxy groups -OCH3 is 1. The van der Waals surface area contributed by atoms with Gasteiger partial charge in [-0.05, 0) is 30.3 Å². The van der Waals surface area contributed by atoms with Crippen molar-refractivity contribution >= 4 is 34.4 Å². The molecule has 0 saturated carbocycles. The zero-order valence-corrected chi connectivity index (χ0v) is 19.9. The number of nitrogens with one attached hydrogen (secondary N) is 1. The smallest absolute Gasteiger partial charge is 0.251 e. The van der Waals surface area contributed by atoms with E-state index in [0.717, 1.165) is 10.9 Å². The number of benzene rings is 2. The fourth-order valence-electron chi connectivity index (χ4n) is 3.70. The number of thioether (sulfide) groups is 1. The lowest BCUT2D eigenvalue weighted by atomic mass is 10.1. The van der Waals surface area contributed by atoms with Crippen LogP contribution in [0.1, 0.15) is 32.6 Å². The van der Waals surface area contributed by atoms with Crippen LogP contribution in [-0.4, -0.2) is 55.6 Å². The first-order valence-electron chi connectivity index (χ1n) is 10.6. The predicted molar refractivity (Wildman–Crippen MR) is 129 cm³/mol. The first-order chi connectivity index (χ1) is 16.4. The molecule has 0 saturated heterocycles. The second-order valence-corrected chi connectivity index (χ2v) is 8.66. The van der Waals surface area contributed by atoms with Gasteiger partial charge in [0.15, 0.2) is 16.8 Å². The first kappa shape index (κ1) is 23.5. The average Bonchev–Trinajstić information content (AvgIpc) is 3.40. The van der Waals surface area contributed by atoms with Gasteiger partial charge >= 0.3 is 0 Å². The van der Waals surface area contributed by atoms with Crippen molar-refractivity contribution in [3.05, 3.63) is 71.7 Å². The van der Waals surface area contributed by atoms with Crippen LogP contribution in [-0.2, 0) is 14.1 Å². The van der Waals surface area contributed by atoms with Crippen LogP contribution in [0.5, 0.6) is 5.75 Å². The SMILES string of the molecule is COc1ccc(C(=O)N[C@H](CO)c2nnc(SCC(=O)c3cn(C)c4ccccc34)n2C)cc1. The highest BCUT2D eigenvalue weighted by molar-refractivity contribution is 7.99. The van der Waals surface area contributed by atoms with Crippen LogP contribution in [0.15, 0.2) is 59.9 Å². The molecule has 0 bridgehead atoms. The number of carbonyl (C=O) groups is 2. The van der Waals surface area contributed by atoms with E-state index in [1.165, 1.54) is 11.8 Å². The molecule has 0 spiro atoms. The van der Waals surface area contributed by atoms with E-state index in [1.54, 1.807) is 43.0 Å². The molecule has 0 radical (unpaired) electrons. The summed E-state index contributed by atoms with van der Waals surface area (Å²) in [5, 5.41) is 22.4. The monoisotopic (exact) mass is 479 g/mol. The Morgan fingerprint density at radius 1 is 1.12 bits per heavy atom. The molecular formula is C24H25N5O4S. The predicted octanol–water partition coefficient (Wildman–Crippen LogP) is 2.75. The Bertz CT molecular complexity index is 1330. The molecule has 0 fully saturated rings. The van der Waals surface area contributed by atoms with E-state index in [-0.39, 0.29) is 24.1 Å². The summed E-state index contributed by atoms with van der Waals surface area (Å²) >= 11 is 1.26. The summed E-state index contributed by atoms with van der Waals surface area (Å²) in [5.41, 5.74) is 2.08. The molecule has 34 heavy (non-hydrogen) atoms. The van der Waals surface area contributed by atoms with Crippen molar-refractivity contribution in [2.45, 2.75) is 11.2 Å². The van der Waals surface area contributed by atoms with Crippen molar-refractivity contribution in [1.29, 1.82) is 0 Å². The molecule has 2 heterocycles. The maximum Gasteiger partial charge on any atom is 0.251 e. The quantitative estimate of drug-likeness (QED) is 0.280. The lowest BCUT2D eigenvalue weighted by Crippen LogP contribution is -2.32. The Hall–Kier alpha value is -3.63. The van der Waals surface area contributed by atoms with Crippen molar-refractivity contribution in [2.24, 2.45) is 14.1 Å². The number of fused-ring (bicyclic) bond motifs is 1. The van der Waals surface area contributed by atoms with Crippen LogP contribution in [0.4, 0.5) is 0 Å². The topological polar surface area (TPSA) is 111 Å². The second-order valence-electron chi connectivity index (χ2n) is 7.72. The Kier molecular flexibility index (Phi) is 6.99. The standard InChI is InChI=1S/C24H25N5O4S/c1-28-12-18(17-6-4-5-7-20(17)28)21(31)14-34-24-27-26-22(29(24)2)19(13-30)25-23(32)15-8-10-16(33-3)11-9-15/h4-12,19,30H,13-14H2,1-3H3,(H,25,32)/t19-/m1/s1. The van der Waals surface area contributed by atoms with Gasteiger partial charge in [0.25, 0.3) is 5.91 Å². The van der Waals surface area contributed by atoms with E-state index in [4.69, 9.17) is 4.74 Å². The number of aliphatic hydroxyl groups is 1. The number of nitrogens with zero attached hydrogens (tertiary/aromatic N) is 4. The number of aromatic nitrogens is 4. The molecule has 176 valence electrons. The van der Waals surface area contributed by atoms with Crippen LogP contribution >= 0.6 is 11.8 Å². The van der Waals surface area contributed by atoms with Crippen molar-refractivity contribution in [3.8, 4) is 5.75 Å². The van der Waals surface area contributed by atoms with E-state index >= 15 is 0 Å². The average molecular weight is 480 g/mol. The Morgan fingerprint density at radius 2 is 1.85 bits per heavy atom. The number of ether oxygens (including phenoxy) is 1. The van der Waals surface area contributed by atoms with E-state index in [0.29, 0.717) is 27.9 Å². The summed E-state index contributed by atoms with van der Waals surface area (Å²) in [5.74, 6) is 0.845. The molecule has 0 unspecified atom stereocenters. The van der Waals surface area contributed by atoms with Gasteiger partial charge in [-0.15, -0.1) is 10.2 Å². The minimum atomic E-state index is -0.754. The van der Waals surface area contributed by atoms with Crippen LogP contribution < -0.4 is 10.1 Å². The van der Waals surface area contributed by atoms with Crippen LogP contribution in [0.3, 0.4) is 0 Å². The number of aryl methyl sites for hydroxylation is 1. The lowest BCUT2D eigenvalue weighted by molar-refractivity contribution is 0.0911. The molecule has 2 aromatic heterocycles. The fraction of sp³-hybridized carbons (Fsp3) is 0.250. The van der Waals surface area contributed by atoms with Gasteiger partial charge in [0.2, 0.25) is 0 Å². The summed E-state index contributed by atoms with van der Waals surface area (Å²) in [6.07, 6.45) is 1.84. The molecule has 1 atom stereocenters. The fourth-order valence-corrected chi connectivity index (χ4v) is 4.50. The molecule has 4 rings (SSSR count). The third-order valence-corrected chi connectivity index (χ3v) is 6.57. The first-order valence-corrected chi connectivity index (χ1v) is 11.6. The molecule has 0 aliphatic rings. The number of amides is 1. The summed E-state index contributed by atoms with van der Waals surface area (Å²) in [6, 6.07) is 13.7. The van der Waals surface area contributed by atoms with Crippen LogP contribution in [0.2, 0.25) is 0 Å². The van der Waals surface area contributed by atoms with Gasteiger partial charge in [0.05, 0.1) is 19.5 Å². The number of Topliss-reactive ketones (excluding diaryl/α,β-unsaturated/α-hetero) is 1. The number of hydrogen-bond acceptors (Lipinski definition) is 7. The van der Waals surface area contributed by atoms with E-state index < -0.39 is 6.04 Å². The maximum atomic E-state index is 12.9. The minimum Gasteiger partial charge on any atom is -0.497 e. The molecule has 4 aromatic rings. The summed E-state index contributed by atoms with van der Waals surface area (Å²) in [7, 11) is 5.20. The van der Waals surface area contributed by atoms with Crippen LogP contribution in [0.25, 0.3) is 10.9 Å². The zero-order valence-electron chi connectivity index (χ0n) is 19.1. The maximum absolute atomic E-state index is 12.9. The Balaban J connectivity index is 1.44.